The van der Waals surface area contributed by atoms with Crippen LogP contribution in [0.5, 0.6) is 0 Å². The monoisotopic (exact) mass is 319 g/mol. The molecular weight excluding hydrogens is 299 g/mol. The summed E-state index contributed by atoms with van der Waals surface area (Å²) < 4.78 is 37.8. The molecule has 3 N–H and O–H groups in total. The van der Waals surface area contributed by atoms with Gasteiger partial charge in [0.15, 0.2) is 0 Å². The summed E-state index contributed by atoms with van der Waals surface area (Å²) in [6.45, 7) is 1.72. The number of amides is 1. The maximum absolute atomic E-state index is 12.6. The molecule has 0 radical (unpaired) electrons. The first-order valence-electron chi connectivity index (χ1n) is 7.03. The van der Waals surface area contributed by atoms with E-state index in [0.717, 1.165) is 12.1 Å². The highest BCUT2D eigenvalue weighted by atomic mass is 19.4. The lowest BCUT2D eigenvalue weighted by atomic mass is 10.0. The maximum Gasteiger partial charge on any atom is 0.416 e. The average molecular weight is 319 g/mol. The van der Waals surface area contributed by atoms with Gasteiger partial charge in [-0.05, 0) is 24.5 Å². The minimum absolute atomic E-state index is 0.0947. The molecule has 0 unspecified atom stereocenters. The Kier molecular flexibility index (Phi) is 6.83. The van der Waals surface area contributed by atoms with Gasteiger partial charge in [0.1, 0.15) is 6.10 Å². The van der Waals surface area contributed by atoms with Crippen molar-refractivity contribution in [2.45, 2.75) is 44.5 Å². The average Bonchev–Trinajstić information content (AvgIpc) is 2.46. The lowest BCUT2D eigenvalue weighted by Crippen LogP contribution is -2.42. The molecule has 0 aromatic heterocycles. The maximum atomic E-state index is 12.6. The molecule has 0 saturated carbocycles. The summed E-state index contributed by atoms with van der Waals surface area (Å²) >= 11 is 0. The molecule has 0 saturated heterocycles. The minimum Gasteiger partial charge on any atom is -0.396 e. The minimum atomic E-state index is -4.46. The molecule has 0 spiro atoms. The number of aliphatic hydroxyl groups excluding tert-OH is 2. The van der Waals surface area contributed by atoms with Crippen LogP contribution < -0.4 is 5.32 Å². The van der Waals surface area contributed by atoms with E-state index in [0.29, 0.717) is 12.8 Å². The van der Waals surface area contributed by atoms with Gasteiger partial charge in [-0.25, -0.2) is 0 Å². The SMILES string of the molecule is CC[C@H](CCO)NC(=O)[C@H](O)Cc1cccc(C(F)(F)F)c1. The van der Waals surface area contributed by atoms with Crippen LogP contribution in [-0.4, -0.2) is 34.9 Å². The van der Waals surface area contributed by atoms with Crippen molar-refractivity contribution in [1.29, 1.82) is 0 Å². The number of rotatable bonds is 7. The zero-order valence-corrected chi connectivity index (χ0v) is 12.2. The summed E-state index contributed by atoms with van der Waals surface area (Å²) in [5.41, 5.74) is -0.586. The number of halogens is 3. The predicted molar refractivity (Wildman–Crippen MR) is 75.1 cm³/mol. The lowest BCUT2D eigenvalue weighted by Gasteiger charge is -2.18. The molecule has 0 aliphatic rings. The van der Waals surface area contributed by atoms with Crippen LogP contribution in [0.15, 0.2) is 24.3 Å². The Labute approximate surface area is 127 Å². The van der Waals surface area contributed by atoms with E-state index < -0.39 is 23.8 Å². The van der Waals surface area contributed by atoms with E-state index in [1.807, 2.05) is 6.92 Å². The van der Waals surface area contributed by atoms with Gasteiger partial charge in [-0.15, -0.1) is 0 Å². The van der Waals surface area contributed by atoms with Crippen molar-refractivity contribution < 1.29 is 28.2 Å². The van der Waals surface area contributed by atoms with Crippen molar-refractivity contribution in [3.8, 4) is 0 Å². The van der Waals surface area contributed by atoms with Crippen LogP contribution in [0.3, 0.4) is 0 Å². The van der Waals surface area contributed by atoms with Crippen LogP contribution in [0, 0.1) is 0 Å². The van der Waals surface area contributed by atoms with Gasteiger partial charge in [0.05, 0.1) is 5.56 Å². The third-order valence-electron chi connectivity index (χ3n) is 3.30. The summed E-state index contributed by atoms with van der Waals surface area (Å²) in [6, 6.07) is 4.25. The summed E-state index contributed by atoms with van der Waals surface area (Å²) in [5, 5.41) is 21.2. The highest BCUT2D eigenvalue weighted by Gasteiger charge is 2.30. The summed E-state index contributed by atoms with van der Waals surface area (Å²) in [6.07, 6.45) is -5.15. The Balaban J connectivity index is 2.68. The molecule has 1 aromatic rings. The van der Waals surface area contributed by atoms with Crippen molar-refractivity contribution in [2.75, 3.05) is 6.61 Å². The molecule has 124 valence electrons. The van der Waals surface area contributed by atoms with Crippen molar-refractivity contribution in [2.24, 2.45) is 0 Å². The number of benzene rings is 1. The normalized spacial score (nSPS) is 14.5. The molecule has 0 bridgehead atoms. The second kappa shape index (κ2) is 8.14. The smallest absolute Gasteiger partial charge is 0.396 e. The number of carbonyl (C=O) groups is 1. The first-order valence-corrected chi connectivity index (χ1v) is 7.03. The zero-order valence-electron chi connectivity index (χ0n) is 12.2. The van der Waals surface area contributed by atoms with Crippen LogP contribution in [0.2, 0.25) is 0 Å². The largest absolute Gasteiger partial charge is 0.416 e. The highest BCUT2D eigenvalue weighted by molar-refractivity contribution is 5.81. The third-order valence-corrected chi connectivity index (χ3v) is 3.30. The van der Waals surface area contributed by atoms with E-state index in [4.69, 9.17) is 5.11 Å². The number of nitrogens with one attached hydrogen (secondary N) is 1. The van der Waals surface area contributed by atoms with Crippen molar-refractivity contribution >= 4 is 5.91 Å². The van der Waals surface area contributed by atoms with Crippen molar-refractivity contribution in [3.63, 3.8) is 0 Å². The number of hydrogen-bond donors (Lipinski definition) is 3. The Bertz CT molecular complexity index is 491. The van der Waals surface area contributed by atoms with Gasteiger partial charge in [-0.1, -0.05) is 25.1 Å². The van der Waals surface area contributed by atoms with Crippen molar-refractivity contribution in [3.05, 3.63) is 35.4 Å². The van der Waals surface area contributed by atoms with Crippen LogP contribution >= 0.6 is 0 Å². The topological polar surface area (TPSA) is 69.6 Å². The van der Waals surface area contributed by atoms with Crippen LogP contribution in [-0.2, 0) is 17.4 Å². The van der Waals surface area contributed by atoms with Gasteiger partial charge < -0.3 is 15.5 Å². The Morgan fingerprint density at radius 3 is 2.59 bits per heavy atom. The first kappa shape index (κ1) is 18.4. The number of aliphatic hydroxyl groups is 2. The molecule has 2 atom stereocenters. The quantitative estimate of drug-likeness (QED) is 0.719. The van der Waals surface area contributed by atoms with Gasteiger partial charge >= 0.3 is 6.18 Å². The molecule has 1 amide bonds. The molecule has 22 heavy (non-hydrogen) atoms. The van der Waals surface area contributed by atoms with E-state index in [9.17, 15) is 23.1 Å². The van der Waals surface area contributed by atoms with Gasteiger partial charge in [-0.3, -0.25) is 4.79 Å². The van der Waals surface area contributed by atoms with Gasteiger partial charge in [0, 0.05) is 19.1 Å². The second-order valence-corrected chi connectivity index (χ2v) is 5.04. The Morgan fingerprint density at radius 1 is 1.36 bits per heavy atom. The molecule has 0 aliphatic carbocycles. The Hall–Kier alpha value is -1.60. The van der Waals surface area contributed by atoms with E-state index >= 15 is 0 Å². The van der Waals surface area contributed by atoms with E-state index in [-0.39, 0.29) is 24.6 Å². The summed E-state index contributed by atoms with van der Waals surface area (Å²) in [5.74, 6) is -0.655. The second-order valence-electron chi connectivity index (χ2n) is 5.04. The molecule has 7 heteroatoms. The fourth-order valence-corrected chi connectivity index (χ4v) is 2.02. The molecule has 4 nitrogen and oxygen atoms in total. The molecule has 0 fully saturated rings. The zero-order chi connectivity index (χ0) is 16.8. The van der Waals surface area contributed by atoms with E-state index in [1.54, 1.807) is 0 Å². The number of carbonyl (C=O) groups excluding carboxylic acids is 1. The Morgan fingerprint density at radius 2 is 2.05 bits per heavy atom. The molecule has 1 rings (SSSR count). The van der Waals surface area contributed by atoms with Crippen LogP contribution in [0.25, 0.3) is 0 Å². The fourth-order valence-electron chi connectivity index (χ4n) is 2.02. The van der Waals surface area contributed by atoms with E-state index in [2.05, 4.69) is 5.32 Å². The van der Waals surface area contributed by atoms with Crippen molar-refractivity contribution in [1.82, 2.24) is 5.32 Å². The van der Waals surface area contributed by atoms with Crippen LogP contribution in [0.1, 0.15) is 30.9 Å². The fraction of sp³-hybridized carbons (Fsp3) is 0.533. The van der Waals surface area contributed by atoms with Gasteiger partial charge in [0.25, 0.3) is 0 Å². The third kappa shape index (κ3) is 5.65. The van der Waals surface area contributed by atoms with E-state index in [1.165, 1.54) is 12.1 Å². The number of hydrogen-bond acceptors (Lipinski definition) is 3. The predicted octanol–water partition coefficient (Wildman–Crippen LogP) is 1.89. The first-order chi connectivity index (χ1) is 10.3. The highest BCUT2D eigenvalue weighted by Crippen LogP contribution is 2.29. The molecular formula is C15H20F3NO3. The standard InChI is InChI=1S/C15H20F3NO3/c1-2-12(6-7-20)19-14(22)13(21)9-10-4-3-5-11(8-10)15(16,17)18/h3-5,8,12-13,20-21H,2,6-7,9H2,1H3,(H,19,22)/t12-,13-/m1/s1. The summed E-state index contributed by atoms with van der Waals surface area (Å²) in [4.78, 5) is 11.8. The van der Waals surface area contributed by atoms with Gasteiger partial charge in [-0.2, -0.15) is 13.2 Å². The molecule has 0 heterocycles. The lowest BCUT2D eigenvalue weighted by molar-refractivity contribution is -0.137. The van der Waals surface area contributed by atoms with Crippen LogP contribution in [0.4, 0.5) is 13.2 Å². The number of alkyl halides is 3. The molecule has 1 aromatic carbocycles. The summed E-state index contributed by atoms with van der Waals surface area (Å²) in [7, 11) is 0. The van der Waals surface area contributed by atoms with Gasteiger partial charge in [0.2, 0.25) is 5.91 Å². The molecule has 0 aliphatic heterocycles.